The number of benzene rings is 3. The Balaban J connectivity index is 1.63. The molecule has 3 amide bonds. The van der Waals surface area contributed by atoms with Crippen molar-refractivity contribution in [2.75, 3.05) is 16.1 Å². The first-order chi connectivity index (χ1) is 15.4. The molecule has 0 aliphatic rings. The third-order valence-electron chi connectivity index (χ3n) is 4.53. The number of halogens is 2. The molecule has 4 aromatic rings. The molecule has 1 aromatic heterocycles. The van der Waals surface area contributed by atoms with Gasteiger partial charge in [-0.3, -0.25) is 19.8 Å². The summed E-state index contributed by atoms with van der Waals surface area (Å²) in [5, 5.41) is 6.73. The molecule has 0 aliphatic carbocycles. The van der Waals surface area contributed by atoms with Gasteiger partial charge in [-0.2, -0.15) is 0 Å². The Hall–Kier alpha value is -3.81. The number of carbonyl (C=O) groups is 3. The summed E-state index contributed by atoms with van der Waals surface area (Å²) in [4.78, 5) is 38.0. The number of nitrogens with zero attached hydrogens (tertiary/aromatic N) is 1. The fourth-order valence-electron chi connectivity index (χ4n) is 3.10. The van der Waals surface area contributed by atoms with Gasteiger partial charge < -0.3 is 10.6 Å². The van der Waals surface area contributed by atoms with Gasteiger partial charge in [0.15, 0.2) is 0 Å². The van der Waals surface area contributed by atoms with E-state index >= 15 is 0 Å². The largest absolute Gasteiger partial charge is 0.328 e. The third kappa shape index (κ3) is 4.74. The van der Waals surface area contributed by atoms with Crippen LogP contribution in [0.25, 0.3) is 10.9 Å². The van der Waals surface area contributed by atoms with Gasteiger partial charge in [0.1, 0.15) is 5.69 Å². The van der Waals surface area contributed by atoms with Gasteiger partial charge >= 0.3 is 11.8 Å². The molecular weight excluding hydrogens is 451 g/mol. The zero-order valence-corrected chi connectivity index (χ0v) is 17.9. The molecule has 0 spiro atoms. The molecule has 0 aliphatic heterocycles. The Morgan fingerprint density at radius 2 is 1.41 bits per heavy atom. The zero-order valence-electron chi connectivity index (χ0n) is 16.4. The van der Waals surface area contributed by atoms with E-state index in [2.05, 4.69) is 16.1 Å². The van der Waals surface area contributed by atoms with E-state index in [1.165, 1.54) is 10.7 Å². The quantitative estimate of drug-likeness (QED) is 0.373. The number of hydrogen-bond donors (Lipinski definition) is 3. The normalized spacial score (nSPS) is 10.6. The van der Waals surface area contributed by atoms with E-state index in [9.17, 15) is 14.4 Å². The zero-order chi connectivity index (χ0) is 22.7. The Labute approximate surface area is 192 Å². The summed E-state index contributed by atoms with van der Waals surface area (Å²) >= 11 is 12.0. The minimum absolute atomic E-state index is 0.120. The van der Waals surface area contributed by atoms with Crippen molar-refractivity contribution in [1.29, 1.82) is 0 Å². The maximum absolute atomic E-state index is 12.9. The summed E-state index contributed by atoms with van der Waals surface area (Å²) in [7, 11) is 0. The molecule has 3 N–H and O–H groups in total. The van der Waals surface area contributed by atoms with E-state index in [4.69, 9.17) is 23.2 Å². The highest BCUT2D eigenvalue weighted by Gasteiger charge is 2.21. The Morgan fingerprint density at radius 3 is 2.16 bits per heavy atom. The highest BCUT2D eigenvalue weighted by molar-refractivity contribution is 6.42. The van der Waals surface area contributed by atoms with Gasteiger partial charge in [-0.15, -0.1) is 0 Å². The first-order valence-electron chi connectivity index (χ1n) is 9.46. The molecule has 0 unspecified atom stereocenters. The molecule has 9 heteroatoms. The number of para-hydroxylation sites is 1. The van der Waals surface area contributed by atoms with E-state index in [1.807, 2.05) is 6.07 Å². The Kier molecular flexibility index (Phi) is 6.11. The second-order valence-corrected chi connectivity index (χ2v) is 7.67. The molecule has 3 aromatic carbocycles. The number of anilines is 2. The molecular formula is C23H16Cl2N4O3. The van der Waals surface area contributed by atoms with Crippen LogP contribution in [0, 0.1) is 0 Å². The van der Waals surface area contributed by atoms with Gasteiger partial charge in [0.05, 0.1) is 5.52 Å². The predicted molar refractivity (Wildman–Crippen MR) is 126 cm³/mol. The summed E-state index contributed by atoms with van der Waals surface area (Å²) in [5.74, 6) is -2.36. The highest BCUT2D eigenvalue weighted by atomic mass is 35.5. The molecule has 7 nitrogen and oxygen atoms in total. The van der Waals surface area contributed by atoms with Gasteiger partial charge in [0.2, 0.25) is 0 Å². The Bertz CT molecular complexity index is 1340. The number of amides is 3. The number of rotatable bonds is 4. The minimum Gasteiger partial charge on any atom is -0.321 e. The summed E-state index contributed by atoms with van der Waals surface area (Å²) in [6, 6.07) is 21.8. The molecule has 0 saturated carbocycles. The molecule has 0 radical (unpaired) electrons. The van der Waals surface area contributed by atoms with Gasteiger partial charge in [0, 0.05) is 26.8 Å². The molecule has 0 bridgehead atoms. The second kappa shape index (κ2) is 9.13. The van der Waals surface area contributed by atoms with E-state index in [0.29, 0.717) is 32.3 Å². The van der Waals surface area contributed by atoms with E-state index in [-0.39, 0.29) is 5.69 Å². The van der Waals surface area contributed by atoms with Gasteiger partial charge in [-0.1, -0.05) is 47.5 Å². The SMILES string of the molecule is O=C(Nc1cccc(Cl)c1)C(=O)Nn1c(C(=O)Nc2ccccc2)cc2cc(Cl)ccc21. The maximum Gasteiger partial charge on any atom is 0.328 e. The smallest absolute Gasteiger partial charge is 0.321 e. The lowest BCUT2D eigenvalue weighted by Crippen LogP contribution is -2.36. The summed E-state index contributed by atoms with van der Waals surface area (Å²) in [6.45, 7) is 0. The van der Waals surface area contributed by atoms with Crippen LogP contribution in [-0.4, -0.2) is 22.4 Å². The first-order valence-corrected chi connectivity index (χ1v) is 10.2. The van der Waals surface area contributed by atoms with E-state index < -0.39 is 17.7 Å². The lowest BCUT2D eigenvalue weighted by molar-refractivity contribution is -0.133. The van der Waals surface area contributed by atoms with Crippen LogP contribution in [0.15, 0.2) is 78.9 Å². The van der Waals surface area contributed by atoms with Crippen LogP contribution in [0.5, 0.6) is 0 Å². The van der Waals surface area contributed by atoms with Crippen LogP contribution in [-0.2, 0) is 9.59 Å². The molecule has 1 heterocycles. The molecule has 0 fully saturated rings. The number of carbonyl (C=O) groups excluding carboxylic acids is 3. The summed E-state index contributed by atoms with van der Waals surface area (Å²) < 4.78 is 1.25. The average Bonchev–Trinajstić information content (AvgIpc) is 3.12. The second-order valence-electron chi connectivity index (χ2n) is 6.79. The third-order valence-corrected chi connectivity index (χ3v) is 5.00. The first kappa shape index (κ1) is 21.4. The maximum atomic E-state index is 12.9. The van der Waals surface area contributed by atoms with Gasteiger partial charge in [-0.05, 0) is 54.6 Å². The van der Waals surface area contributed by atoms with Crippen LogP contribution >= 0.6 is 23.2 Å². The minimum atomic E-state index is -0.966. The fourth-order valence-corrected chi connectivity index (χ4v) is 3.47. The summed E-state index contributed by atoms with van der Waals surface area (Å²) in [6.07, 6.45) is 0. The molecule has 160 valence electrons. The molecule has 0 atom stereocenters. The van der Waals surface area contributed by atoms with Crippen molar-refractivity contribution in [3.8, 4) is 0 Å². The van der Waals surface area contributed by atoms with Crippen molar-refractivity contribution in [2.45, 2.75) is 0 Å². The summed E-state index contributed by atoms with van der Waals surface area (Å²) in [5.41, 5.74) is 4.05. The van der Waals surface area contributed by atoms with Crippen LogP contribution < -0.4 is 16.1 Å². The van der Waals surface area contributed by atoms with E-state index in [1.54, 1.807) is 66.7 Å². The number of aromatic nitrogens is 1. The van der Waals surface area contributed by atoms with Gasteiger partial charge in [-0.25, -0.2) is 4.68 Å². The molecule has 0 saturated heterocycles. The van der Waals surface area contributed by atoms with Crippen molar-refractivity contribution in [2.24, 2.45) is 0 Å². The molecule has 4 rings (SSSR count). The van der Waals surface area contributed by atoms with Crippen molar-refractivity contribution in [3.05, 3.63) is 94.6 Å². The fraction of sp³-hybridized carbons (Fsp3) is 0. The topological polar surface area (TPSA) is 92.2 Å². The predicted octanol–water partition coefficient (Wildman–Crippen LogP) is 4.91. The average molecular weight is 467 g/mol. The number of nitrogens with one attached hydrogen (secondary N) is 3. The number of hydrogen-bond acceptors (Lipinski definition) is 3. The lowest BCUT2D eigenvalue weighted by Gasteiger charge is -2.13. The van der Waals surface area contributed by atoms with Crippen molar-refractivity contribution >= 4 is 63.2 Å². The van der Waals surface area contributed by atoms with Crippen molar-refractivity contribution < 1.29 is 14.4 Å². The molecule has 32 heavy (non-hydrogen) atoms. The van der Waals surface area contributed by atoms with Crippen LogP contribution in [0.3, 0.4) is 0 Å². The van der Waals surface area contributed by atoms with Crippen LogP contribution in [0.4, 0.5) is 11.4 Å². The monoisotopic (exact) mass is 466 g/mol. The van der Waals surface area contributed by atoms with Gasteiger partial charge in [0.25, 0.3) is 5.91 Å². The number of fused-ring (bicyclic) bond motifs is 1. The van der Waals surface area contributed by atoms with Crippen molar-refractivity contribution in [1.82, 2.24) is 4.68 Å². The standard InChI is InChI=1S/C23H16Cl2N4O3/c24-15-5-4-8-18(13-15)27-22(31)23(32)28-29-19-10-9-16(25)11-14(19)12-20(29)21(30)26-17-6-2-1-3-7-17/h1-13H,(H,26,30)(H,27,31)(H,28,32). The lowest BCUT2D eigenvalue weighted by atomic mass is 10.2. The van der Waals surface area contributed by atoms with Crippen molar-refractivity contribution in [3.63, 3.8) is 0 Å². The van der Waals surface area contributed by atoms with E-state index in [0.717, 1.165) is 0 Å². The Morgan fingerprint density at radius 1 is 0.688 bits per heavy atom. The van der Waals surface area contributed by atoms with Crippen LogP contribution in [0.2, 0.25) is 10.0 Å². The highest BCUT2D eigenvalue weighted by Crippen LogP contribution is 2.24. The van der Waals surface area contributed by atoms with Crippen LogP contribution in [0.1, 0.15) is 10.5 Å².